The zero-order valence-electron chi connectivity index (χ0n) is 24.3. The average molecular weight is 591 g/mol. The summed E-state index contributed by atoms with van der Waals surface area (Å²) in [6, 6.07) is 57.5. The van der Waals surface area contributed by atoms with Crippen LogP contribution < -0.4 is 0 Å². The molecule has 10 rings (SSSR count). The van der Waals surface area contributed by atoms with Gasteiger partial charge in [0.1, 0.15) is 5.65 Å². The molecule has 45 heavy (non-hydrogen) atoms. The first-order valence-corrected chi connectivity index (χ1v) is 16.2. The lowest BCUT2D eigenvalue weighted by Gasteiger charge is -2.21. The number of fused-ring (bicyclic) bond motifs is 8. The summed E-state index contributed by atoms with van der Waals surface area (Å²) in [5.74, 6) is 0. The van der Waals surface area contributed by atoms with Gasteiger partial charge in [-0.05, 0) is 69.4 Å². The van der Waals surface area contributed by atoms with Crippen LogP contribution in [0.1, 0.15) is 0 Å². The first-order chi connectivity index (χ1) is 22.3. The van der Waals surface area contributed by atoms with Crippen molar-refractivity contribution in [3.8, 4) is 33.6 Å². The van der Waals surface area contributed by atoms with Gasteiger partial charge in [-0.2, -0.15) is 0 Å². The van der Waals surface area contributed by atoms with Crippen molar-refractivity contribution in [2.24, 2.45) is 0 Å². The highest BCUT2D eigenvalue weighted by Crippen LogP contribution is 2.50. The summed E-state index contributed by atoms with van der Waals surface area (Å²) in [6.45, 7) is 0. The Balaban J connectivity index is 1.29. The van der Waals surface area contributed by atoms with E-state index in [1.165, 1.54) is 81.3 Å². The molecule has 0 saturated heterocycles. The molecule has 0 spiro atoms. The SMILES string of the molecule is c1ccc(-n2c3cccc(-c4ccc(-c5cccc6ccccc56)cc4)c3c3c4cccc5c4n(c32)-c2ccccc2S5)cc1. The number of para-hydroxylation sites is 3. The third kappa shape index (κ3) is 3.53. The molecule has 0 bridgehead atoms. The van der Waals surface area contributed by atoms with Gasteiger partial charge in [0.2, 0.25) is 0 Å². The van der Waals surface area contributed by atoms with E-state index in [0.29, 0.717) is 0 Å². The predicted molar refractivity (Wildman–Crippen MR) is 190 cm³/mol. The summed E-state index contributed by atoms with van der Waals surface area (Å²) in [5.41, 5.74) is 11.1. The van der Waals surface area contributed by atoms with Crippen LogP contribution in [0.15, 0.2) is 168 Å². The lowest BCUT2D eigenvalue weighted by atomic mass is 9.94. The Labute approximate surface area is 264 Å². The van der Waals surface area contributed by atoms with E-state index in [1.807, 2.05) is 11.8 Å². The summed E-state index contributed by atoms with van der Waals surface area (Å²) in [5, 5.41) is 6.44. The Hall–Kier alpha value is -5.51. The van der Waals surface area contributed by atoms with Crippen LogP contribution in [0, 0.1) is 0 Å². The Kier molecular flexibility index (Phi) is 5.25. The lowest BCUT2D eigenvalue weighted by molar-refractivity contribution is 1.03. The number of hydrogen-bond acceptors (Lipinski definition) is 1. The molecular formula is C42H26N2S. The van der Waals surface area contributed by atoms with Crippen molar-refractivity contribution in [2.75, 3.05) is 0 Å². The van der Waals surface area contributed by atoms with Gasteiger partial charge in [-0.1, -0.05) is 133 Å². The third-order valence-electron chi connectivity index (χ3n) is 9.31. The van der Waals surface area contributed by atoms with Crippen molar-refractivity contribution < 1.29 is 0 Å². The largest absolute Gasteiger partial charge is 0.295 e. The van der Waals surface area contributed by atoms with Crippen LogP contribution in [0.3, 0.4) is 0 Å². The molecule has 0 radical (unpaired) electrons. The van der Waals surface area contributed by atoms with Crippen LogP contribution in [-0.4, -0.2) is 9.13 Å². The molecular weight excluding hydrogens is 565 g/mol. The minimum Gasteiger partial charge on any atom is -0.295 e. The maximum atomic E-state index is 2.51. The van der Waals surface area contributed by atoms with Crippen molar-refractivity contribution in [3.63, 3.8) is 0 Å². The summed E-state index contributed by atoms with van der Waals surface area (Å²) in [7, 11) is 0. The molecule has 0 aliphatic carbocycles. The van der Waals surface area contributed by atoms with Crippen molar-refractivity contribution in [1.82, 2.24) is 9.13 Å². The molecule has 210 valence electrons. The van der Waals surface area contributed by atoms with Gasteiger partial charge < -0.3 is 0 Å². The van der Waals surface area contributed by atoms with Gasteiger partial charge in [-0.15, -0.1) is 0 Å². The predicted octanol–water partition coefficient (Wildman–Crippen LogP) is 11.7. The molecule has 0 amide bonds. The summed E-state index contributed by atoms with van der Waals surface area (Å²) >= 11 is 1.87. The second-order valence-electron chi connectivity index (χ2n) is 11.7. The molecule has 2 aromatic heterocycles. The first-order valence-electron chi connectivity index (χ1n) is 15.4. The van der Waals surface area contributed by atoms with Crippen LogP contribution in [0.2, 0.25) is 0 Å². The Morgan fingerprint density at radius 1 is 0.422 bits per heavy atom. The second-order valence-corrected chi connectivity index (χ2v) is 12.8. The van der Waals surface area contributed by atoms with Crippen molar-refractivity contribution >= 4 is 55.4 Å². The Morgan fingerprint density at radius 2 is 1.07 bits per heavy atom. The number of aromatic nitrogens is 2. The number of benzene rings is 7. The molecule has 0 unspecified atom stereocenters. The van der Waals surface area contributed by atoms with E-state index in [9.17, 15) is 0 Å². The highest BCUT2D eigenvalue weighted by molar-refractivity contribution is 7.99. The normalized spacial score (nSPS) is 12.4. The van der Waals surface area contributed by atoms with Crippen LogP contribution >= 0.6 is 11.8 Å². The lowest BCUT2D eigenvalue weighted by Crippen LogP contribution is -2.05. The second kappa shape index (κ2) is 9.49. The average Bonchev–Trinajstić information content (AvgIpc) is 3.63. The summed E-state index contributed by atoms with van der Waals surface area (Å²) in [4.78, 5) is 2.58. The number of rotatable bonds is 3. The van der Waals surface area contributed by atoms with E-state index in [0.717, 1.165) is 5.69 Å². The van der Waals surface area contributed by atoms with E-state index in [1.54, 1.807) is 0 Å². The van der Waals surface area contributed by atoms with Gasteiger partial charge >= 0.3 is 0 Å². The molecule has 0 N–H and O–H groups in total. The van der Waals surface area contributed by atoms with Gasteiger partial charge in [0.15, 0.2) is 0 Å². The maximum Gasteiger partial charge on any atom is 0.131 e. The van der Waals surface area contributed by atoms with Crippen LogP contribution in [0.5, 0.6) is 0 Å². The summed E-state index contributed by atoms with van der Waals surface area (Å²) < 4.78 is 4.97. The Bertz CT molecular complexity index is 2600. The van der Waals surface area contributed by atoms with E-state index >= 15 is 0 Å². The van der Waals surface area contributed by atoms with E-state index in [-0.39, 0.29) is 0 Å². The molecule has 0 atom stereocenters. The highest BCUT2D eigenvalue weighted by atomic mass is 32.2. The quantitative estimate of drug-likeness (QED) is 0.199. The first kappa shape index (κ1) is 24.9. The van der Waals surface area contributed by atoms with Gasteiger partial charge in [0.05, 0.1) is 16.7 Å². The number of hydrogen-bond donors (Lipinski definition) is 0. The fourth-order valence-electron chi connectivity index (χ4n) is 7.40. The standard InChI is InChI=1S/C42H26N2S/c1-2-13-30(14-3-1)43-36-20-9-17-33(29-25-23-28(24-26-29)32-16-8-12-27-11-4-5-15-31(27)32)39(36)40-34-18-10-22-38-41(34)44(42(40)43)35-19-6-7-21-37(35)45-38/h1-26H. The van der Waals surface area contributed by atoms with E-state index in [4.69, 9.17) is 0 Å². The highest BCUT2D eigenvalue weighted by Gasteiger charge is 2.28. The van der Waals surface area contributed by atoms with Crippen LogP contribution in [0.25, 0.3) is 77.2 Å². The zero-order chi connectivity index (χ0) is 29.5. The Morgan fingerprint density at radius 3 is 1.96 bits per heavy atom. The fraction of sp³-hybridized carbons (Fsp3) is 0. The van der Waals surface area contributed by atoms with Crippen molar-refractivity contribution in [3.05, 3.63) is 158 Å². The molecule has 0 saturated carbocycles. The molecule has 0 fully saturated rings. The third-order valence-corrected chi connectivity index (χ3v) is 10.4. The smallest absolute Gasteiger partial charge is 0.131 e. The molecule has 1 aliphatic heterocycles. The monoisotopic (exact) mass is 590 g/mol. The minimum absolute atomic E-state index is 1.16. The fourth-order valence-corrected chi connectivity index (χ4v) is 8.50. The van der Waals surface area contributed by atoms with Crippen molar-refractivity contribution in [2.45, 2.75) is 9.79 Å². The van der Waals surface area contributed by atoms with Gasteiger partial charge in [0.25, 0.3) is 0 Å². The molecule has 3 heterocycles. The molecule has 7 aromatic carbocycles. The van der Waals surface area contributed by atoms with E-state index < -0.39 is 0 Å². The summed E-state index contributed by atoms with van der Waals surface area (Å²) in [6.07, 6.45) is 0. The minimum atomic E-state index is 1.16. The van der Waals surface area contributed by atoms with Gasteiger partial charge in [-0.25, -0.2) is 0 Å². The number of nitrogens with zero attached hydrogens (tertiary/aromatic N) is 2. The topological polar surface area (TPSA) is 9.86 Å². The maximum absolute atomic E-state index is 2.51. The molecule has 1 aliphatic rings. The van der Waals surface area contributed by atoms with Gasteiger partial charge in [0, 0.05) is 31.6 Å². The zero-order valence-corrected chi connectivity index (χ0v) is 25.1. The van der Waals surface area contributed by atoms with E-state index in [2.05, 4.69) is 167 Å². The molecule has 3 heteroatoms. The molecule has 9 aromatic rings. The van der Waals surface area contributed by atoms with Crippen LogP contribution in [0.4, 0.5) is 0 Å². The van der Waals surface area contributed by atoms with Crippen molar-refractivity contribution in [1.29, 1.82) is 0 Å². The molecule has 2 nitrogen and oxygen atoms in total. The van der Waals surface area contributed by atoms with Gasteiger partial charge in [-0.3, -0.25) is 9.13 Å². The van der Waals surface area contributed by atoms with Crippen LogP contribution in [-0.2, 0) is 0 Å².